The van der Waals surface area contributed by atoms with Crippen molar-refractivity contribution in [3.05, 3.63) is 22.3 Å². The van der Waals surface area contributed by atoms with E-state index < -0.39 is 0 Å². The van der Waals surface area contributed by atoms with Crippen LogP contribution in [0.25, 0.3) is 0 Å². The molecule has 0 radical (unpaired) electrons. The summed E-state index contributed by atoms with van der Waals surface area (Å²) in [6.07, 6.45) is 3.77. The largest absolute Gasteiger partial charge is 0.363 e. The van der Waals surface area contributed by atoms with Crippen LogP contribution in [-0.2, 0) is 0 Å². The molecular weight excluding hydrogens is 288 g/mol. The van der Waals surface area contributed by atoms with E-state index in [4.69, 9.17) is 11.6 Å². The Hall–Kier alpha value is -0.280. The zero-order chi connectivity index (χ0) is 12.2. The number of aryl methyl sites for hydroxylation is 1. The molecule has 1 heterocycles. The molecule has 1 rings (SSSR count). The summed E-state index contributed by atoms with van der Waals surface area (Å²) in [5, 5.41) is 3.46. The van der Waals surface area contributed by atoms with Gasteiger partial charge in [0.1, 0.15) is 5.82 Å². The number of rotatable bonds is 5. The molecule has 0 bridgehead atoms. The molecule has 0 aliphatic heterocycles. The van der Waals surface area contributed by atoms with E-state index in [9.17, 15) is 0 Å². The van der Waals surface area contributed by atoms with Crippen LogP contribution in [0, 0.1) is 6.92 Å². The molecule has 4 heteroatoms. The first-order valence-corrected chi connectivity index (χ1v) is 6.86. The average molecular weight is 306 g/mol. The van der Waals surface area contributed by atoms with Crippen LogP contribution in [0.2, 0.25) is 0 Å². The quantitative estimate of drug-likeness (QED) is 0.818. The van der Waals surface area contributed by atoms with Crippen molar-refractivity contribution in [2.45, 2.75) is 39.2 Å². The third-order valence-electron chi connectivity index (χ3n) is 3.08. The van der Waals surface area contributed by atoms with Crippen LogP contribution in [0.3, 0.4) is 0 Å². The molecule has 0 spiro atoms. The smallest absolute Gasteiger partial charge is 0.141 e. The van der Waals surface area contributed by atoms with Crippen molar-refractivity contribution in [3.8, 4) is 0 Å². The summed E-state index contributed by atoms with van der Waals surface area (Å²) in [7, 11) is 0. The highest BCUT2D eigenvalue weighted by molar-refractivity contribution is 9.10. The van der Waals surface area contributed by atoms with Crippen LogP contribution < -0.4 is 5.32 Å². The highest BCUT2D eigenvalue weighted by Crippen LogP contribution is 2.29. The summed E-state index contributed by atoms with van der Waals surface area (Å²) in [5.74, 6) is 1.46. The molecule has 90 valence electrons. The van der Waals surface area contributed by atoms with Crippen molar-refractivity contribution in [2.75, 3.05) is 11.2 Å². The molecule has 0 saturated carbocycles. The average Bonchev–Trinajstić information content (AvgIpc) is 2.32. The molecule has 1 N–H and O–H groups in total. The monoisotopic (exact) mass is 304 g/mol. The number of halogens is 2. The topological polar surface area (TPSA) is 24.9 Å². The minimum Gasteiger partial charge on any atom is -0.363 e. The molecule has 16 heavy (non-hydrogen) atoms. The molecule has 0 fully saturated rings. The SMILES string of the molecule is CCC(CC)(CCl)Nc1nccc(C)c1Br. The van der Waals surface area contributed by atoms with Crippen molar-refractivity contribution in [1.82, 2.24) is 4.98 Å². The Morgan fingerprint density at radius 2 is 2.06 bits per heavy atom. The maximum absolute atomic E-state index is 6.06. The van der Waals surface area contributed by atoms with Gasteiger partial charge >= 0.3 is 0 Å². The Morgan fingerprint density at radius 3 is 2.56 bits per heavy atom. The van der Waals surface area contributed by atoms with Crippen LogP contribution in [0.1, 0.15) is 32.3 Å². The van der Waals surface area contributed by atoms with Crippen LogP contribution in [0.15, 0.2) is 16.7 Å². The third-order valence-corrected chi connectivity index (χ3v) is 4.59. The van der Waals surface area contributed by atoms with Crippen molar-refractivity contribution < 1.29 is 0 Å². The predicted molar refractivity (Wildman–Crippen MR) is 74.3 cm³/mol. The van der Waals surface area contributed by atoms with Gasteiger partial charge < -0.3 is 5.32 Å². The van der Waals surface area contributed by atoms with Gasteiger partial charge in [0.15, 0.2) is 0 Å². The third kappa shape index (κ3) is 2.89. The number of pyridine rings is 1. The van der Waals surface area contributed by atoms with E-state index in [1.165, 1.54) is 5.56 Å². The number of hydrogen-bond donors (Lipinski definition) is 1. The fraction of sp³-hybridized carbons (Fsp3) is 0.583. The Bertz CT molecular complexity index is 343. The summed E-state index contributed by atoms with van der Waals surface area (Å²) in [6, 6.07) is 1.98. The fourth-order valence-corrected chi connectivity index (χ4v) is 2.31. The van der Waals surface area contributed by atoms with Gasteiger partial charge in [0.05, 0.1) is 10.0 Å². The highest BCUT2D eigenvalue weighted by atomic mass is 79.9. The van der Waals surface area contributed by atoms with E-state index >= 15 is 0 Å². The maximum atomic E-state index is 6.06. The van der Waals surface area contributed by atoms with Gasteiger partial charge in [-0.05, 0) is 47.3 Å². The standard InChI is InChI=1S/C12H18BrClN2/c1-4-12(5-2,8-14)16-11-10(13)9(3)6-7-15-11/h6-7H,4-5,8H2,1-3H3,(H,15,16). The zero-order valence-corrected chi connectivity index (χ0v) is 12.3. The molecule has 0 saturated heterocycles. The minimum absolute atomic E-state index is 0.0646. The fourth-order valence-electron chi connectivity index (χ4n) is 1.53. The van der Waals surface area contributed by atoms with Gasteiger partial charge in [-0.15, -0.1) is 11.6 Å². The molecular formula is C12H18BrClN2. The van der Waals surface area contributed by atoms with Crippen molar-refractivity contribution >= 4 is 33.3 Å². The molecule has 0 amide bonds. The molecule has 0 atom stereocenters. The van der Waals surface area contributed by atoms with E-state index in [2.05, 4.69) is 47.0 Å². The number of anilines is 1. The van der Waals surface area contributed by atoms with Gasteiger partial charge in [0.2, 0.25) is 0 Å². The van der Waals surface area contributed by atoms with E-state index in [0.29, 0.717) is 5.88 Å². The van der Waals surface area contributed by atoms with Crippen molar-refractivity contribution in [3.63, 3.8) is 0 Å². The van der Waals surface area contributed by atoms with Gasteiger partial charge in [-0.25, -0.2) is 4.98 Å². The second-order valence-corrected chi connectivity index (χ2v) is 5.10. The lowest BCUT2D eigenvalue weighted by Crippen LogP contribution is -2.39. The molecule has 1 aromatic rings. The number of nitrogens with zero attached hydrogens (tertiary/aromatic N) is 1. The lowest BCUT2D eigenvalue weighted by Gasteiger charge is -2.31. The zero-order valence-electron chi connectivity index (χ0n) is 9.98. The summed E-state index contributed by atoms with van der Waals surface area (Å²) in [5.41, 5.74) is 1.11. The van der Waals surface area contributed by atoms with Crippen LogP contribution in [0.5, 0.6) is 0 Å². The van der Waals surface area contributed by atoms with Crippen molar-refractivity contribution in [1.29, 1.82) is 0 Å². The second-order valence-electron chi connectivity index (χ2n) is 4.04. The number of aromatic nitrogens is 1. The molecule has 0 aliphatic rings. The van der Waals surface area contributed by atoms with Gasteiger partial charge in [0.25, 0.3) is 0 Å². The summed E-state index contributed by atoms with van der Waals surface area (Å²) in [4.78, 5) is 4.35. The minimum atomic E-state index is -0.0646. The van der Waals surface area contributed by atoms with E-state index in [0.717, 1.165) is 23.1 Å². The van der Waals surface area contributed by atoms with Crippen LogP contribution in [0.4, 0.5) is 5.82 Å². The number of alkyl halides is 1. The molecule has 2 nitrogen and oxygen atoms in total. The molecule has 1 aromatic heterocycles. The van der Waals surface area contributed by atoms with E-state index in [1.54, 1.807) is 0 Å². The van der Waals surface area contributed by atoms with Gasteiger partial charge in [-0.1, -0.05) is 13.8 Å². The van der Waals surface area contributed by atoms with Crippen LogP contribution in [-0.4, -0.2) is 16.4 Å². The van der Waals surface area contributed by atoms with Gasteiger partial charge in [-0.3, -0.25) is 0 Å². The second kappa shape index (κ2) is 5.87. The number of nitrogens with one attached hydrogen (secondary N) is 1. The Labute approximate surface area is 111 Å². The molecule has 0 aliphatic carbocycles. The highest BCUT2D eigenvalue weighted by Gasteiger charge is 2.26. The molecule has 0 aromatic carbocycles. The first-order valence-electron chi connectivity index (χ1n) is 5.53. The lowest BCUT2D eigenvalue weighted by atomic mass is 9.95. The first-order chi connectivity index (χ1) is 7.58. The molecule has 0 unspecified atom stereocenters. The van der Waals surface area contributed by atoms with E-state index in [-0.39, 0.29) is 5.54 Å². The Balaban J connectivity index is 2.98. The Morgan fingerprint density at radius 1 is 1.44 bits per heavy atom. The van der Waals surface area contributed by atoms with E-state index in [1.807, 2.05) is 12.3 Å². The first kappa shape index (κ1) is 13.8. The lowest BCUT2D eigenvalue weighted by molar-refractivity contribution is 0.482. The summed E-state index contributed by atoms with van der Waals surface area (Å²) < 4.78 is 1.02. The Kier molecular flexibility index (Phi) is 5.06. The van der Waals surface area contributed by atoms with Crippen LogP contribution >= 0.6 is 27.5 Å². The predicted octanol–water partition coefficient (Wildman–Crippen LogP) is 4.36. The maximum Gasteiger partial charge on any atom is 0.141 e. The van der Waals surface area contributed by atoms with Crippen molar-refractivity contribution in [2.24, 2.45) is 0 Å². The van der Waals surface area contributed by atoms with Gasteiger partial charge in [0, 0.05) is 12.1 Å². The summed E-state index contributed by atoms with van der Waals surface area (Å²) >= 11 is 9.61. The normalized spacial score (nSPS) is 11.6. The summed E-state index contributed by atoms with van der Waals surface area (Å²) in [6.45, 7) is 6.34. The van der Waals surface area contributed by atoms with Gasteiger partial charge in [-0.2, -0.15) is 0 Å². The number of hydrogen-bond acceptors (Lipinski definition) is 2.